The molecule has 11 heteroatoms. The Morgan fingerprint density at radius 3 is 2.33 bits per heavy atom. The maximum Gasteiger partial charge on any atom is 0.414 e. The first-order valence-corrected chi connectivity index (χ1v) is 11.2. The first-order chi connectivity index (χ1) is 8.63. The molecule has 0 atom stereocenters. The predicted molar refractivity (Wildman–Crippen MR) is 78.4 cm³/mol. The number of hydrogen-bond donors (Lipinski definition) is 0. The molecular formula is C7H13N2O4PS4. The Balaban J connectivity index is 2.67. The van der Waals surface area contributed by atoms with Gasteiger partial charge in [-0.15, -0.1) is 4.37 Å². The summed E-state index contributed by atoms with van der Waals surface area (Å²) in [4.78, 5) is 4.07. The van der Waals surface area contributed by atoms with Crippen molar-refractivity contribution in [3.8, 4) is 6.01 Å². The van der Waals surface area contributed by atoms with Crippen molar-refractivity contribution in [1.29, 1.82) is 0 Å². The zero-order chi connectivity index (χ0) is 13.4. The van der Waals surface area contributed by atoms with Gasteiger partial charge in [0.05, 0.1) is 13.2 Å². The third-order valence-electron chi connectivity index (χ3n) is 1.28. The normalized spacial score (nSPS) is 11.7. The quantitative estimate of drug-likeness (QED) is 0.372. The summed E-state index contributed by atoms with van der Waals surface area (Å²) >= 11 is 4.17. The minimum Gasteiger partial charge on any atom is -0.391 e. The van der Waals surface area contributed by atoms with Crippen LogP contribution in [-0.4, -0.2) is 28.8 Å². The summed E-state index contributed by atoms with van der Waals surface area (Å²) < 4.78 is 32.5. The zero-order valence-corrected chi connectivity index (χ0v) is 14.2. The Kier molecular flexibility index (Phi) is 8.01. The maximum absolute atomic E-state index is 12.4. The number of hydrogen-bond acceptors (Lipinski definition) is 10. The zero-order valence-electron chi connectivity index (χ0n) is 10.0. The molecule has 18 heavy (non-hydrogen) atoms. The molecule has 1 heterocycles. The van der Waals surface area contributed by atoms with Crippen LogP contribution in [0.25, 0.3) is 0 Å². The predicted octanol–water partition coefficient (Wildman–Crippen LogP) is 4.12. The van der Waals surface area contributed by atoms with Gasteiger partial charge in [-0.1, -0.05) is 11.8 Å². The highest BCUT2D eigenvalue weighted by Crippen LogP contribution is 2.69. The molecule has 6 nitrogen and oxygen atoms in total. The smallest absolute Gasteiger partial charge is 0.391 e. The van der Waals surface area contributed by atoms with Gasteiger partial charge in [-0.2, -0.15) is 4.98 Å². The highest BCUT2D eigenvalue weighted by Gasteiger charge is 2.31. The van der Waals surface area contributed by atoms with Crippen molar-refractivity contribution in [3.63, 3.8) is 0 Å². The highest BCUT2D eigenvalue weighted by molar-refractivity contribution is 8.87. The minimum absolute atomic E-state index is 0.0899. The van der Waals surface area contributed by atoms with E-state index in [-0.39, 0.29) is 6.01 Å². The lowest BCUT2D eigenvalue weighted by Crippen LogP contribution is -1.91. The van der Waals surface area contributed by atoms with Gasteiger partial charge in [-0.05, 0) is 31.6 Å². The van der Waals surface area contributed by atoms with E-state index in [0.29, 0.717) is 13.2 Å². The van der Waals surface area contributed by atoms with Crippen molar-refractivity contribution >= 4 is 52.4 Å². The van der Waals surface area contributed by atoms with Gasteiger partial charge in [0.25, 0.3) is 0 Å². The van der Waals surface area contributed by atoms with Crippen LogP contribution in [0.3, 0.4) is 0 Å². The van der Waals surface area contributed by atoms with Crippen LogP contribution >= 0.6 is 52.4 Å². The SMILES string of the molecule is CCOSP(=O)(Oc1nsc(SC)n1)SOCC. The van der Waals surface area contributed by atoms with Crippen molar-refractivity contribution in [1.82, 2.24) is 9.36 Å². The van der Waals surface area contributed by atoms with E-state index in [2.05, 4.69) is 9.36 Å². The van der Waals surface area contributed by atoms with E-state index >= 15 is 0 Å². The summed E-state index contributed by atoms with van der Waals surface area (Å²) in [6.07, 6.45) is 1.88. The van der Waals surface area contributed by atoms with Crippen LogP contribution < -0.4 is 4.52 Å². The van der Waals surface area contributed by atoms with Crippen LogP contribution in [0, 0.1) is 0 Å². The molecule has 0 aliphatic heterocycles. The first-order valence-electron chi connectivity index (χ1n) is 4.93. The van der Waals surface area contributed by atoms with Gasteiger partial charge < -0.3 is 12.9 Å². The van der Waals surface area contributed by atoms with Gasteiger partial charge in [-0.3, -0.25) is 0 Å². The van der Waals surface area contributed by atoms with Gasteiger partial charge in [-0.25, -0.2) is 4.57 Å². The lowest BCUT2D eigenvalue weighted by molar-refractivity contribution is 0.396. The molecule has 0 radical (unpaired) electrons. The summed E-state index contributed by atoms with van der Waals surface area (Å²) in [5.41, 5.74) is 0. The van der Waals surface area contributed by atoms with Crippen LogP contribution in [-0.2, 0) is 12.9 Å². The molecule has 0 amide bonds. The summed E-state index contributed by atoms with van der Waals surface area (Å²) in [6, 6.07) is 0.0899. The molecule has 0 aliphatic rings. The maximum atomic E-state index is 12.4. The van der Waals surface area contributed by atoms with E-state index in [9.17, 15) is 4.57 Å². The van der Waals surface area contributed by atoms with Gasteiger partial charge in [0.15, 0.2) is 4.34 Å². The third kappa shape index (κ3) is 5.68. The molecule has 0 aromatic carbocycles. The van der Waals surface area contributed by atoms with E-state index in [1.165, 1.54) is 23.3 Å². The molecule has 0 spiro atoms. The number of aromatic nitrogens is 2. The largest absolute Gasteiger partial charge is 0.414 e. The monoisotopic (exact) mass is 348 g/mol. The lowest BCUT2D eigenvalue weighted by atomic mass is 10.9. The molecule has 0 saturated carbocycles. The van der Waals surface area contributed by atoms with Crippen molar-refractivity contribution in [2.24, 2.45) is 0 Å². The topological polar surface area (TPSA) is 70.5 Å². The Morgan fingerprint density at radius 1 is 1.28 bits per heavy atom. The van der Waals surface area contributed by atoms with E-state index in [4.69, 9.17) is 12.9 Å². The fraction of sp³-hybridized carbons (Fsp3) is 0.714. The van der Waals surface area contributed by atoms with E-state index in [0.717, 1.165) is 27.7 Å². The molecule has 1 aromatic heterocycles. The second-order valence-electron chi connectivity index (χ2n) is 2.55. The fourth-order valence-corrected chi connectivity index (χ4v) is 5.58. The molecule has 0 aliphatic carbocycles. The molecule has 0 fully saturated rings. The molecule has 104 valence electrons. The first kappa shape index (κ1) is 16.6. The standard InChI is InChI=1S/C7H13N2O4PS4/c1-4-11-17-14(10,18-12-5-2)13-6-8-7(15-3)16-9-6/h4-5H2,1-3H3. The van der Waals surface area contributed by atoms with Crippen molar-refractivity contribution in [2.75, 3.05) is 19.5 Å². The molecular weight excluding hydrogens is 335 g/mol. The summed E-state index contributed by atoms with van der Waals surface area (Å²) in [5.74, 6) is -3.21. The molecule has 1 rings (SSSR count). The van der Waals surface area contributed by atoms with Crippen LogP contribution in [0.15, 0.2) is 4.34 Å². The van der Waals surface area contributed by atoms with Crippen molar-refractivity contribution < 1.29 is 17.5 Å². The second kappa shape index (κ2) is 8.68. The third-order valence-corrected chi connectivity index (χ3v) is 7.64. The van der Waals surface area contributed by atoms with Gasteiger partial charge >= 0.3 is 11.8 Å². The highest BCUT2D eigenvalue weighted by atomic mass is 33.1. The van der Waals surface area contributed by atoms with Crippen LogP contribution in [0.5, 0.6) is 6.01 Å². The lowest BCUT2D eigenvalue weighted by Gasteiger charge is -2.13. The van der Waals surface area contributed by atoms with Crippen molar-refractivity contribution in [3.05, 3.63) is 0 Å². The number of nitrogens with zero attached hydrogens (tertiary/aromatic N) is 2. The Hall–Kier alpha value is 0.560. The summed E-state index contributed by atoms with van der Waals surface area (Å²) in [6.45, 7) is 4.45. The molecule has 0 bridgehead atoms. The molecule has 0 unspecified atom stereocenters. The van der Waals surface area contributed by atoms with Crippen molar-refractivity contribution in [2.45, 2.75) is 18.2 Å². The van der Waals surface area contributed by atoms with Crippen LogP contribution in [0.2, 0.25) is 0 Å². The fourth-order valence-electron chi connectivity index (χ4n) is 0.694. The number of thioether (sulfide) groups is 1. The van der Waals surface area contributed by atoms with E-state index in [1.54, 1.807) is 13.8 Å². The van der Waals surface area contributed by atoms with Crippen LogP contribution in [0.1, 0.15) is 13.8 Å². The van der Waals surface area contributed by atoms with E-state index < -0.39 is 5.77 Å². The van der Waals surface area contributed by atoms with Gasteiger partial charge in [0.1, 0.15) is 23.3 Å². The average molecular weight is 348 g/mol. The van der Waals surface area contributed by atoms with E-state index in [1.807, 2.05) is 6.26 Å². The molecule has 0 saturated heterocycles. The molecule has 1 aromatic rings. The number of rotatable bonds is 9. The average Bonchev–Trinajstić information content (AvgIpc) is 2.81. The Morgan fingerprint density at radius 2 is 1.89 bits per heavy atom. The second-order valence-corrected chi connectivity index (χ2v) is 10.7. The Bertz CT molecular complexity index is 393. The van der Waals surface area contributed by atoms with Gasteiger partial charge in [0.2, 0.25) is 0 Å². The summed E-state index contributed by atoms with van der Waals surface area (Å²) in [5, 5.41) is 0. The molecule has 0 N–H and O–H groups in total. The minimum atomic E-state index is -3.21. The summed E-state index contributed by atoms with van der Waals surface area (Å²) in [7, 11) is 0. The Labute approximate surface area is 122 Å². The van der Waals surface area contributed by atoms with Crippen LogP contribution in [0.4, 0.5) is 0 Å². The van der Waals surface area contributed by atoms with Gasteiger partial charge in [0, 0.05) is 0 Å².